The van der Waals surface area contributed by atoms with Gasteiger partial charge in [-0.05, 0) is 30.2 Å². The third-order valence-corrected chi connectivity index (χ3v) is 1.93. The monoisotopic (exact) mass is 207 g/mol. The second-order valence-electron chi connectivity index (χ2n) is 3.43. The molecule has 0 amide bonds. The fraction of sp³-hybridized carbons (Fsp3) is 0.400. The van der Waals surface area contributed by atoms with Crippen LogP contribution in [0.25, 0.3) is 10.4 Å². The Labute approximate surface area is 87.9 Å². The van der Waals surface area contributed by atoms with Gasteiger partial charge in [-0.25, -0.2) is 0 Å². The number of aliphatic hydroxyl groups is 1. The molecule has 1 N–H and O–H groups in total. The highest BCUT2D eigenvalue weighted by atomic mass is 16.5. The fourth-order valence-electron chi connectivity index (χ4n) is 1.30. The summed E-state index contributed by atoms with van der Waals surface area (Å²) in [6.45, 7) is 1.46. The maximum atomic E-state index is 9.67. The second kappa shape index (κ2) is 4.68. The minimum Gasteiger partial charge on any atom is -0.497 e. The minimum absolute atomic E-state index is 0.258. The molecule has 0 bridgehead atoms. The highest BCUT2D eigenvalue weighted by molar-refractivity contribution is 5.29. The molecule has 5 heteroatoms. The van der Waals surface area contributed by atoms with Crippen LogP contribution in [0.3, 0.4) is 0 Å². The molecule has 0 aliphatic heterocycles. The van der Waals surface area contributed by atoms with Crippen LogP contribution in [0.1, 0.15) is 12.5 Å². The lowest BCUT2D eigenvalue weighted by Gasteiger charge is -2.16. The molecule has 1 aromatic carbocycles. The van der Waals surface area contributed by atoms with Crippen LogP contribution in [-0.2, 0) is 6.42 Å². The number of hydrogen-bond acceptors (Lipinski definition) is 3. The average molecular weight is 207 g/mol. The van der Waals surface area contributed by atoms with E-state index in [9.17, 15) is 5.11 Å². The van der Waals surface area contributed by atoms with Crippen LogP contribution in [0.15, 0.2) is 29.4 Å². The van der Waals surface area contributed by atoms with Crippen LogP contribution in [0.2, 0.25) is 0 Å². The summed E-state index contributed by atoms with van der Waals surface area (Å²) in [5.74, 6) is 0.712. The van der Waals surface area contributed by atoms with Gasteiger partial charge in [0.2, 0.25) is 0 Å². The molecule has 0 fully saturated rings. The molecule has 1 atom stereocenters. The Morgan fingerprint density at radius 2 is 2.33 bits per heavy atom. The van der Waals surface area contributed by atoms with Crippen LogP contribution in [0.4, 0.5) is 0 Å². The number of benzene rings is 1. The lowest BCUT2D eigenvalue weighted by atomic mass is 10.0. The zero-order valence-electron chi connectivity index (χ0n) is 8.71. The van der Waals surface area contributed by atoms with E-state index in [1.165, 1.54) is 6.92 Å². The van der Waals surface area contributed by atoms with Crippen molar-refractivity contribution >= 4 is 0 Å². The van der Waals surface area contributed by atoms with E-state index in [4.69, 9.17) is 10.3 Å². The van der Waals surface area contributed by atoms with Crippen LogP contribution in [0, 0.1) is 0 Å². The summed E-state index contributed by atoms with van der Waals surface area (Å²) < 4.78 is 5.04. The largest absolute Gasteiger partial charge is 0.497 e. The average Bonchev–Trinajstić information content (AvgIpc) is 2.17. The number of methoxy groups -OCH3 is 1. The summed E-state index contributed by atoms with van der Waals surface area (Å²) in [5.41, 5.74) is 7.71. The Kier molecular flexibility index (Phi) is 3.55. The van der Waals surface area contributed by atoms with E-state index in [0.29, 0.717) is 5.75 Å². The summed E-state index contributed by atoms with van der Waals surface area (Å²) >= 11 is 0. The van der Waals surface area contributed by atoms with Crippen molar-refractivity contribution in [3.8, 4) is 5.75 Å². The van der Waals surface area contributed by atoms with Crippen molar-refractivity contribution < 1.29 is 9.84 Å². The van der Waals surface area contributed by atoms with Crippen molar-refractivity contribution in [3.63, 3.8) is 0 Å². The second-order valence-corrected chi connectivity index (χ2v) is 3.43. The molecule has 0 heterocycles. The first-order valence-corrected chi connectivity index (χ1v) is 4.49. The Hall–Kier alpha value is -1.71. The molecule has 0 radical (unpaired) electrons. The first kappa shape index (κ1) is 11.4. The van der Waals surface area contributed by atoms with Crippen LogP contribution in [-0.4, -0.2) is 17.9 Å². The third kappa shape index (κ3) is 3.50. The van der Waals surface area contributed by atoms with E-state index >= 15 is 0 Å². The van der Waals surface area contributed by atoms with Gasteiger partial charge in [0, 0.05) is 11.3 Å². The summed E-state index contributed by atoms with van der Waals surface area (Å²) in [4.78, 5) is 2.59. The van der Waals surface area contributed by atoms with Gasteiger partial charge >= 0.3 is 0 Å². The molecule has 0 aromatic heterocycles. The lowest BCUT2D eigenvalue weighted by Crippen LogP contribution is -2.23. The van der Waals surface area contributed by atoms with Gasteiger partial charge in [0.1, 0.15) is 11.5 Å². The lowest BCUT2D eigenvalue weighted by molar-refractivity contribution is 0.0680. The SMILES string of the molecule is COc1cccc(CC(C)(O)N=[N+]=[N-])c1. The molecule has 1 unspecified atom stereocenters. The smallest absolute Gasteiger partial charge is 0.144 e. The molecule has 0 spiro atoms. The van der Waals surface area contributed by atoms with E-state index in [-0.39, 0.29) is 6.42 Å². The summed E-state index contributed by atoms with van der Waals surface area (Å²) in [6.07, 6.45) is 0.258. The van der Waals surface area contributed by atoms with Crippen molar-refractivity contribution in [2.24, 2.45) is 5.11 Å². The fourth-order valence-corrected chi connectivity index (χ4v) is 1.30. The number of hydrogen-bond donors (Lipinski definition) is 1. The van der Waals surface area contributed by atoms with E-state index in [0.717, 1.165) is 5.56 Å². The summed E-state index contributed by atoms with van der Waals surface area (Å²) in [7, 11) is 1.57. The first-order chi connectivity index (χ1) is 7.07. The van der Waals surface area contributed by atoms with Gasteiger partial charge < -0.3 is 9.84 Å². The Morgan fingerprint density at radius 3 is 2.93 bits per heavy atom. The number of rotatable bonds is 4. The topological polar surface area (TPSA) is 78.2 Å². The highest BCUT2D eigenvalue weighted by Gasteiger charge is 2.18. The van der Waals surface area contributed by atoms with Crippen molar-refractivity contribution in [2.45, 2.75) is 19.1 Å². The summed E-state index contributed by atoms with van der Waals surface area (Å²) in [5, 5.41) is 13.0. The molecule has 0 aliphatic rings. The predicted octanol–water partition coefficient (Wildman–Crippen LogP) is 2.26. The standard InChI is InChI=1S/C10H13N3O2/c1-10(14,12-13-11)7-8-4-3-5-9(6-8)15-2/h3-6,14H,7H2,1-2H3. The van der Waals surface area contributed by atoms with E-state index < -0.39 is 5.72 Å². The maximum Gasteiger partial charge on any atom is 0.144 e. The van der Waals surface area contributed by atoms with Gasteiger partial charge in [-0.15, -0.1) is 0 Å². The van der Waals surface area contributed by atoms with Crippen LogP contribution < -0.4 is 4.74 Å². The van der Waals surface area contributed by atoms with E-state index in [2.05, 4.69) is 10.0 Å². The van der Waals surface area contributed by atoms with Crippen molar-refractivity contribution in [1.29, 1.82) is 0 Å². The molecule has 0 saturated heterocycles. The molecule has 1 aromatic rings. The molecule has 0 saturated carbocycles. The predicted molar refractivity (Wildman–Crippen MR) is 56.5 cm³/mol. The Bertz CT molecular complexity index is 384. The Balaban J connectivity index is 2.84. The molecule has 15 heavy (non-hydrogen) atoms. The number of nitrogens with zero attached hydrogens (tertiary/aromatic N) is 3. The van der Waals surface area contributed by atoms with Crippen molar-refractivity contribution in [1.82, 2.24) is 0 Å². The van der Waals surface area contributed by atoms with Crippen LogP contribution >= 0.6 is 0 Å². The van der Waals surface area contributed by atoms with Gasteiger partial charge in [0.15, 0.2) is 0 Å². The maximum absolute atomic E-state index is 9.67. The third-order valence-electron chi connectivity index (χ3n) is 1.93. The van der Waals surface area contributed by atoms with Gasteiger partial charge in [-0.1, -0.05) is 17.2 Å². The minimum atomic E-state index is -1.40. The van der Waals surface area contributed by atoms with E-state index in [1.54, 1.807) is 13.2 Å². The van der Waals surface area contributed by atoms with Gasteiger partial charge in [0.25, 0.3) is 0 Å². The van der Waals surface area contributed by atoms with Gasteiger partial charge in [0.05, 0.1) is 7.11 Å². The zero-order valence-corrected chi connectivity index (χ0v) is 8.71. The molecule has 80 valence electrons. The van der Waals surface area contributed by atoms with Gasteiger partial charge in [-0.3, -0.25) is 0 Å². The molecule has 0 aliphatic carbocycles. The normalized spacial score (nSPS) is 13.8. The molecular formula is C10H13N3O2. The van der Waals surface area contributed by atoms with Gasteiger partial charge in [-0.2, -0.15) is 0 Å². The van der Waals surface area contributed by atoms with Crippen molar-refractivity contribution in [2.75, 3.05) is 7.11 Å². The first-order valence-electron chi connectivity index (χ1n) is 4.49. The van der Waals surface area contributed by atoms with Crippen LogP contribution in [0.5, 0.6) is 5.75 Å². The highest BCUT2D eigenvalue weighted by Crippen LogP contribution is 2.18. The Morgan fingerprint density at radius 1 is 1.60 bits per heavy atom. The zero-order chi connectivity index (χ0) is 11.3. The molecule has 1 rings (SSSR count). The summed E-state index contributed by atoms with van der Waals surface area (Å²) in [6, 6.07) is 7.26. The number of ether oxygens (including phenoxy) is 1. The quantitative estimate of drug-likeness (QED) is 0.467. The van der Waals surface area contributed by atoms with Crippen molar-refractivity contribution in [3.05, 3.63) is 40.3 Å². The molecule has 5 nitrogen and oxygen atoms in total. The molecular weight excluding hydrogens is 194 g/mol. The van der Waals surface area contributed by atoms with E-state index in [1.807, 2.05) is 18.2 Å². The number of azide groups is 1.